The number of thiophene rings is 1. The molecule has 3 aromatic rings. The predicted octanol–water partition coefficient (Wildman–Crippen LogP) is 4.09. The van der Waals surface area contributed by atoms with Gasteiger partial charge in [0.25, 0.3) is 5.69 Å². The number of nitro groups is 1. The van der Waals surface area contributed by atoms with Crippen molar-refractivity contribution in [3.05, 3.63) is 75.5 Å². The van der Waals surface area contributed by atoms with E-state index in [1.54, 1.807) is 35.0 Å². The van der Waals surface area contributed by atoms with E-state index in [2.05, 4.69) is 0 Å². The first-order valence-electron chi connectivity index (χ1n) is 6.78. The van der Waals surface area contributed by atoms with Crippen LogP contribution >= 0.6 is 11.3 Å². The highest BCUT2D eigenvalue weighted by Crippen LogP contribution is 2.33. The van der Waals surface area contributed by atoms with E-state index in [-0.39, 0.29) is 16.3 Å². The molecule has 0 fully saturated rings. The summed E-state index contributed by atoms with van der Waals surface area (Å²) in [4.78, 5) is 10.5. The Morgan fingerprint density at radius 2 is 1.79 bits per heavy atom. The lowest BCUT2D eigenvalue weighted by Crippen LogP contribution is -2.10. The standard InChI is InChI=1S/C16H11NO5S2/c18-17(19)16-10-14(6-7-15(16)12-8-9-23-11-12)24(20,21)22-13-4-2-1-3-5-13/h1-11H. The van der Waals surface area contributed by atoms with Crippen LogP contribution in [0, 0.1) is 10.1 Å². The van der Waals surface area contributed by atoms with Gasteiger partial charge in [-0.1, -0.05) is 18.2 Å². The Balaban J connectivity index is 2.03. The first-order valence-corrected chi connectivity index (χ1v) is 9.13. The van der Waals surface area contributed by atoms with Crippen LogP contribution in [0.2, 0.25) is 0 Å². The van der Waals surface area contributed by atoms with E-state index in [1.807, 2.05) is 0 Å². The van der Waals surface area contributed by atoms with Crippen LogP contribution in [-0.2, 0) is 10.1 Å². The van der Waals surface area contributed by atoms with E-state index >= 15 is 0 Å². The van der Waals surface area contributed by atoms with Gasteiger partial charge in [-0.3, -0.25) is 10.1 Å². The second kappa shape index (κ2) is 6.42. The Kier molecular flexibility index (Phi) is 4.32. The van der Waals surface area contributed by atoms with E-state index in [0.717, 1.165) is 6.07 Å². The fraction of sp³-hybridized carbons (Fsp3) is 0. The zero-order valence-corrected chi connectivity index (χ0v) is 13.8. The summed E-state index contributed by atoms with van der Waals surface area (Å²) in [5, 5.41) is 14.9. The molecule has 2 aromatic carbocycles. The van der Waals surface area contributed by atoms with Gasteiger partial charge in [0.1, 0.15) is 10.6 Å². The van der Waals surface area contributed by atoms with Gasteiger partial charge in [0.05, 0.1) is 10.5 Å². The maximum absolute atomic E-state index is 12.3. The average Bonchev–Trinajstić information content (AvgIpc) is 3.09. The van der Waals surface area contributed by atoms with Gasteiger partial charge >= 0.3 is 10.1 Å². The Bertz CT molecular complexity index is 967. The number of hydrogen-bond acceptors (Lipinski definition) is 6. The van der Waals surface area contributed by atoms with Crippen LogP contribution in [-0.4, -0.2) is 13.3 Å². The van der Waals surface area contributed by atoms with Crippen LogP contribution in [0.15, 0.2) is 70.3 Å². The van der Waals surface area contributed by atoms with Gasteiger partial charge in [-0.25, -0.2) is 0 Å². The molecule has 0 saturated heterocycles. The number of rotatable bonds is 5. The van der Waals surface area contributed by atoms with Crippen molar-refractivity contribution in [1.29, 1.82) is 0 Å². The molecule has 0 saturated carbocycles. The van der Waals surface area contributed by atoms with Gasteiger partial charge < -0.3 is 4.18 Å². The summed E-state index contributed by atoms with van der Waals surface area (Å²) in [7, 11) is -4.16. The summed E-state index contributed by atoms with van der Waals surface area (Å²) in [5.41, 5.74) is 0.741. The van der Waals surface area contributed by atoms with Crippen molar-refractivity contribution >= 4 is 27.1 Å². The largest absolute Gasteiger partial charge is 0.379 e. The third-order valence-corrected chi connectivity index (χ3v) is 5.16. The molecule has 0 atom stereocenters. The van der Waals surface area contributed by atoms with Crippen molar-refractivity contribution in [2.45, 2.75) is 4.90 Å². The summed E-state index contributed by atoms with van der Waals surface area (Å²) in [6.07, 6.45) is 0. The first kappa shape index (κ1) is 16.2. The summed E-state index contributed by atoms with van der Waals surface area (Å²) < 4.78 is 29.7. The fourth-order valence-electron chi connectivity index (χ4n) is 2.13. The molecule has 0 aliphatic rings. The number of para-hydroxylation sites is 1. The molecule has 0 N–H and O–H groups in total. The Morgan fingerprint density at radius 3 is 2.42 bits per heavy atom. The fourth-order valence-corrected chi connectivity index (χ4v) is 3.74. The van der Waals surface area contributed by atoms with Crippen LogP contribution in [0.25, 0.3) is 11.1 Å². The zero-order valence-electron chi connectivity index (χ0n) is 12.2. The van der Waals surface area contributed by atoms with Crippen molar-refractivity contribution < 1.29 is 17.5 Å². The Morgan fingerprint density at radius 1 is 1.04 bits per heavy atom. The monoisotopic (exact) mass is 361 g/mol. The van der Waals surface area contributed by atoms with Crippen molar-refractivity contribution in [3.8, 4) is 16.9 Å². The predicted molar refractivity (Wildman–Crippen MR) is 90.7 cm³/mol. The number of hydrogen-bond donors (Lipinski definition) is 0. The second-order valence-corrected chi connectivity index (χ2v) is 7.12. The van der Waals surface area contributed by atoms with E-state index < -0.39 is 15.0 Å². The SMILES string of the molecule is O=[N+]([O-])c1cc(S(=O)(=O)Oc2ccccc2)ccc1-c1ccsc1. The minimum absolute atomic E-state index is 0.141. The van der Waals surface area contributed by atoms with E-state index in [0.29, 0.717) is 11.1 Å². The topological polar surface area (TPSA) is 86.5 Å². The molecule has 0 aliphatic carbocycles. The summed E-state index contributed by atoms with van der Waals surface area (Å²) in [6, 6.07) is 13.4. The normalized spacial score (nSPS) is 11.2. The lowest BCUT2D eigenvalue weighted by atomic mass is 10.1. The van der Waals surface area contributed by atoms with E-state index in [9.17, 15) is 18.5 Å². The highest BCUT2D eigenvalue weighted by molar-refractivity contribution is 7.87. The van der Waals surface area contributed by atoms with Crippen molar-refractivity contribution in [2.75, 3.05) is 0 Å². The van der Waals surface area contributed by atoms with Crippen LogP contribution in [0.1, 0.15) is 0 Å². The summed E-state index contributed by atoms with van der Waals surface area (Å²) in [5.74, 6) is 0.141. The van der Waals surface area contributed by atoms with Crippen LogP contribution in [0.4, 0.5) is 5.69 Å². The third-order valence-electron chi connectivity index (χ3n) is 3.24. The first-order chi connectivity index (χ1) is 11.5. The van der Waals surface area contributed by atoms with Gasteiger partial charge in [0.15, 0.2) is 0 Å². The number of nitrogens with zero attached hydrogens (tertiary/aromatic N) is 1. The van der Waals surface area contributed by atoms with Crippen LogP contribution in [0.5, 0.6) is 5.75 Å². The van der Waals surface area contributed by atoms with Crippen LogP contribution in [0.3, 0.4) is 0 Å². The Labute approximate surface area is 142 Å². The quantitative estimate of drug-likeness (QED) is 0.388. The minimum atomic E-state index is -4.16. The van der Waals surface area contributed by atoms with Crippen LogP contribution < -0.4 is 4.18 Å². The summed E-state index contributed by atoms with van der Waals surface area (Å²) in [6.45, 7) is 0. The molecular formula is C16H11NO5S2. The maximum atomic E-state index is 12.3. The summed E-state index contributed by atoms with van der Waals surface area (Å²) >= 11 is 1.40. The molecule has 3 rings (SSSR count). The molecule has 1 aromatic heterocycles. The van der Waals surface area contributed by atoms with Gasteiger partial charge in [-0.05, 0) is 46.7 Å². The minimum Gasteiger partial charge on any atom is -0.379 e. The van der Waals surface area contributed by atoms with Gasteiger partial charge in [-0.15, -0.1) is 0 Å². The molecule has 0 amide bonds. The smallest absolute Gasteiger partial charge is 0.339 e. The number of nitro benzene ring substituents is 1. The molecular weight excluding hydrogens is 350 g/mol. The molecule has 0 spiro atoms. The zero-order chi connectivity index (χ0) is 17.2. The van der Waals surface area contributed by atoms with Crippen molar-refractivity contribution in [2.24, 2.45) is 0 Å². The molecule has 0 aliphatic heterocycles. The molecule has 1 heterocycles. The molecule has 24 heavy (non-hydrogen) atoms. The van der Waals surface area contributed by atoms with E-state index in [1.165, 1.54) is 35.6 Å². The lowest BCUT2D eigenvalue weighted by molar-refractivity contribution is -0.384. The molecule has 0 unspecified atom stereocenters. The molecule has 6 nitrogen and oxygen atoms in total. The Hall–Kier alpha value is -2.71. The number of benzene rings is 2. The molecule has 0 bridgehead atoms. The lowest BCUT2D eigenvalue weighted by Gasteiger charge is -2.08. The van der Waals surface area contributed by atoms with Crippen molar-refractivity contribution in [1.82, 2.24) is 0 Å². The second-order valence-electron chi connectivity index (χ2n) is 4.80. The molecule has 8 heteroatoms. The third kappa shape index (κ3) is 3.29. The highest BCUT2D eigenvalue weighted by Gasteiger charge is 2.23. The highest BCUT2D eigenvalue weighted by atomic mass is 32.2. The van der Waals surface area contributed by atoms with Crippen molar-refractivity contribution in [3.63, 3.8) is 0 Å². The molecule has 122 valence electrons. The van der Waals surface area contributed by atoms with E-state index in [4.69, 9.17) is 4.18 Å². The maximum Gasteiger partial charge on any atom is 0.339 e. The van der Waals surface area contributed by atoms with Gasteiger partial charge in [0, 0.05) is 6.07 Å². The van der Waals surface area contributed by atoms with Gasteiger partial charge in [-0.2, -0.15) is 19.8 Å². The van der Waals surface area contributed by atoms with Gasteiger partial charge in [0.2, 0.25) is 0 Å². The average molecular weight is 361 g/mol. The molecule has 0 radical (unpaired) electrons.